The van der Waals surface area contributed by atoms with Gasteiger partial charge in [0.25, 0.3) is 5.56 Å². The molecule has 4 heterocycles. The summed E-state index contributed by atoms with van der Waals surface area (Å²) in [5.41, 5.74) is 1.26. The molecular formula is C20H25N3O3S2. The van der Waals surface area contributed by atoms with Crippen LogP contribution in [0, 0.1) is 0 Å². The lowest BCUT2D eigenvalue weighted by Crippen LogP contribution is -2.33. The first-order chi connectivity index (χ1) is 13.7. The van der Waals surface area contributed by atoms with E-state index in [0.717, 1.165) is 74.7 Å². The van der Waals surface area contributed by atoms with Crippen LogP contribution in [0.3, 0.4) is 0 Å². The van der Waals surface area contributed by atoms with E-state index in [1.54, 1.807) is 15.9 Å². The number of ether oxygens (including phenoxy) is 1. The van der Waals surface area contributed by atoms with E-state index in [9.17, 15) is 9.59 Å². The van der Waals surface area contributed by atoms with Gasteiger partial charge in [0, 0.05) is 18.0 Å². The molecule has 28 heavy (non-hydrogen) atoms. The van der Waals surface area contributed by atoms with Crippen molar-refractivity contribution >= 4 is 39.2 Å². The lowest BCUT2D eigenvalue weighted by atomic mass is 10.2. The van der Waals surface area contributed by atoms with E-state index in [0.29, 0.717) is 11.7 Å². The van der Waals surface area contributed by atoms with Crippen LogP contribution in [-0.2, 0) is 28.9 Å². The van der Waals surface area contributed by atoms with Gasteiger partial charge in [-0.1, -0.05) is 18.2 Å². The second-order valence-electron chi connectivity index (χ2n) is 7.88. The Hall–Kier alpha value is -1.38. The average molecular weight is 420 g/mol. The van der Waals surface area contributed by atoms with Gasteiger partial charge in [0.15, 0.2) is 5.16 Å². The van der Waals surface area contributed by atoms with E-state index >= 15 is 0 Å². The van der Waals surface area contributed by atoms with Crippen LogP contribution < -0.4 is 10.9 Å². The van der Waals surface area contributed by atoms with Crippen LogP contribution >= 0.6 is 23.1 Å². The Kier molecular flexibility index (Phi) is 5.19. The molecule has 2 unspecified atom stereocenters. The van der Waals surface area contributed by atoms with Gasteiger partial charge >= 0.3 is 0 Å². The molecule has 0 spiro atoms. The van der Waals surface area contributed by atoms with E-state index in [1.807, 2.05) is 0 Å². The Morgan fingerprint density at radius 1 is 1.18 bits per heavy atom. The van der Waals surface area contributed by atoms with Crippen LogP contribution in [0.4, 0.5) is 0 Å². The molecule has 6 nitrogen and oxygen atoms in total. The lowest BCUT2D eigenvalue weighted by molar-refractivity contribution is -0.120. The molecule has 2 atom stereocenters. The molecule has 2 saturated heterocycles. The van der Waals surface area contributed by atoms with E-state index in [1.165, 1.54) is 22.2 Å². The summed E-state index contributed by atoms with van der Waals surface area (Å²) in [6.07, 6.45) is 8.07. The smallest absolute Gasteiger partial charge is 0.263 e. The first-order valence-electron chi connectivity index (χ1n) is 10.3. The molecule has 8 heteroatoms. The Labute approximate surface area is 172 Å². The predicted octanol–water partition coefficient (Wildman–Crippen LogP) is 2.89. The van der Waals surface area contributed by atoms with Gasteiger partial charge in [-0.25, -0.2) is 4.98 Å². The number of hydrogen-bond donors (Lipinski definition) is 1. The maximum Gasteiger partial charge on any atom is 0.263 e. The van der Waals surface area contributed by atoms with Crippen molar-refractivity contribution in [2.75, 3.05) is 13.2 Å². The molecule has 2 aliphatic heterocycles. The number of aromatic nitrogens is 2. The highest BCUT2D eigenvalue weighted by Gasteiger charge is 2.29. The van der Waals surface area contributed by atoms with E-state index in [-0.39, 0.29) is 22.8 Å². The molecule has 1 amide bonds. The highest BCUT2D eigenvalue weighted by molar-refractivity contribution is 8.00. The van der Waals surface area contributed by atoms with Crippen molar-refractivity contribution < 1.29 is 9.53 Å². The molecule has 0 bridgehead atoms. The summed E-state index contributed by atoms with van der Waals surface area (Å²) < 4.78 is 7.61. The zero-order chi connectivity index (χ0) is 19.1. The molecular weight excluding hydrogens is 394 g/mol. The SMILES string of the molecule is O=C1NCCCCC1Sc1nc2sc3c(c2c(=O)n1CC1CCCO1)CCC3. The number of hydrogen-bond acceptors (Lipinski definition) is 6. The van der Waals surface area contributed by atoms with Gasteiger partial charge < -0.3 is 10.1 Å². The summed E-state index contributed by atoms with van der Waals surface area (Å²) in [6.45, 7) is 2.03. The Morgan fingerprint density at radius 2 is 2.11 bits per heavy atom. The molecule has 2 fully saturated rings. The van der Waals surface area contributed by atoms with Crippen LogP contribution in [0.25, 0.3) is 10.2 Å². The normalized spacial score (nSPS) is 25.1. The maximum absolute atomic E-state index is 13.5. The molecule has 1 N–H and O–H groups in total. The van der Waals surface area contributed by atoms with Crippen molar-refractivity contribution in [3.05, 3.63) is 20.8 Å². The number of amides is 1. The van der Waals surface area contributed by atoms with Crippen LogP contribution in [-0.4, -0.2) is 40.0 Å². The third-order valence-corrected chi connectivity index (χ3v) is 8.37. The largest absolute Gasteiger partial charge is 0.376 e. The number of aryl methyl sites for hydroxylation is 2. The Bertz CT molecular complexity index is 962. The highest BCUT2D eigenvalue weighted by Crippen LogP contribution is 2.36. The van der Waals surface area contributed by atoms with Crippen molar-refractivity contribution in [1.82, 2.24) is 14.9 Å². The number of rotatable bonds is 4. The minimum atomic E-state index is -0.186. The van der Waals surface area contributed by atoms with Gasteiger partial charge in [0.05, 0.1) is 23.3 Å². The third kappa shape index (κ3) is 3.39. The summed E-state index contributed by atoms with van der Waals surface area (Å²) in [6, 6.07) is 0. The van der Waals surface area contributed by atoms with Crippen LogP contribution in [0.5, 0.6) is 0 Å². The zero-order valence-electron chi connectivity index (χ0n) is 15.9. The van der Waals surface area contributed by atoms with Gasteiger partial charge in [-0.2, -0.15) is 0 Å². The third-order valence-electron chi connectivity index (χ3n) is 5.93. The quantitative estimate of drug-likeness (QED) is 0.772. The molecule has 0 aromatic carbocycles. The van der Waals surface area contributed by atoms with Crippen LogP contribution in [0.15, 0.2) is 9.95 Å². The second kappa shape index (κ2) is 7.80. The van der Waals surface area contributed by atoms with Crippen molar-refractivity contribution in [3.63, 3.8) is 0 Å². The van der Waals surface area contributed by atoms with Gasteiger partial charge in [-0.3, -0.25) is 14.2 Å². The van der Waals surface area contributed by atoms with E-state index in [4.69, 9.17) is 9.72 Å². The number of thioether (sulfide) groups is 1. The number of nitrogens with one attached hydrogen (secondary N) is 1. The molecule has 0 radical (unpaired) electrons. The number of nitrogens with zero attached hydrogens (tertiary/aromatic N) is 2. The molecule has 2 aromatic rings. The number of thiophene rings is 1. The Morgan fingerprint density at radius 3 is 2.96 bits per heavy atom. The van der Waals surface area contributed by atoms with Gasteiger partial charge in [0.1, 0.15) is 4.83 Å². The molecule has 150 valence electrons. The maximum atomic E-state index is 13.5. The second-order valence-corrected chi connectivity index (χ2v) is 10.1. The van der Waals surface area contributed by atoms with Crippen molar-refractivity contribution in [1.29, 1.82) is 0 Å². The molecule has 5 rings (SSSR count). The standard InChI is InChI=1S/C20H25N3O3S2/c24-17-15(7-1-2-9-21-17)28-20-22-18-16(13-6-3-8-14(13)27-18)19(25)23(20)11-12-5-4-10-26-12/h12,15H,1-11H2,(H,21,24). The minimum Gasteiger partial charge on any atom is -0.376 e. The summed E-state index contributed by atoms with van der Waals surface area (Å²) >= 11 is 3.12. The van der Waals surface area contributed by atoms with Crippen molar-refractivity contribution in [2.45, 2.75) is 74.4 Å². The van der Waals surface area contributed by atoms with Gasteiger partial charge in [-0.05, 0) is 50.5 Å². The molecule has 0 saturated carbocycles. The van der Waals surface area contributed by atoms with E-state index in [2.05, 4.69) is 5.32 Å². The molecule has 3 aliphatic rings. The van der Waals surface area contributed by atoms with Crippen LogP contribution in [0.2, 0.25) is 0 Å². The predicted molar refractivity (Wildman–Crippen MR) is 111 cm³/mol. The fraction of sp³-hybridized carbons (Fsp3) is 0.650. The first-order valence-corrected chi connectivity index (χ1v) is 12.0. The molecule has 2 aromatic heterocycles. The van der Waals surface area contributed by atoms with Crippen molar-refractivity contribution in [3.8, 4) is 0 Å². The number of carbonyl (C=O) groups excluding carboxylic acids is 1. The topological polar surface area (TPSA) is 73.2 Å². The summed E-state index contributed by atoms with van der Waals surface area (Å²) in [5, 5.41) is 4.29. The molecule has 1 aliphatic carbocycles. The summed E-state index contributed by atoms with van der Waals surface area (Å²) in [7, 11) is 0. The number of carbonyl (C=O) groups is 1. The average Bonchev–Trinajstić information content (AvgIpc) is 3.37. The van der Waals surface area contributed by atoms with Crippen LogP contribution in [0.1, 0.15) is 49.0 Å². The minimum absolute atomic E-state index is 0.0523. The fourth-order valence-electron chi connectivity index (χ4n) is 4.45. The fourth-order valence-corrected chi connectivity index (χ4v) is 6.92. The monoisotopic (exact) mass is 419 g/mol. The van der Waals surface area contributed by atoms with Gasteiger partial charge in [-0.15, -0.1) is 11.3 Å². The number of fused-ring (bicyclic) bond motifs is 3. The lowest BCUT2D eigenvalue weighted by Gasteiger charge is -2.18. The summed E-state index contributed by atoms with van der Waals surface area (Å²) in [5.74, 6) is 0.0641. The van der Waals surface area contributed by atoms with E-state index < -0.39 is 0 Å². The summed E-state index contributed by atoms with van der Waals surface area (Å²) in [4.78, 5) is 33.0. The Balaban J connectivity index is 1.57. The first kappa shape index (κ1) is 18.6. The zero-order valence-corrected chi connectivity index (χ0v) is 17.5. The highest BCUT2D eigenvalue weighted by atomic mass is 32.2. The van der Waals surface area contributed by atoms with Gasteiger partial charge in [0.2, 0.25) is 5.91 Å². The van der Waals surface area contributed by atoms with Crippen molar-refractivity contribution in [2.24, 2.45) is 0 Å².